The molecule has 0 spiro atoms. The van der Waals surface area contributed by atoms with E-state index in [1.54, 1.807) is 18.2 Å². The third kappa shape index (κ3) is 4.23. The topological polar surface area (TPSA) is 85.7 Å². The summed E-state index contributed by atoms with van der Waals surface area (Å²) in [6.45, 7) is 5.24. The van der Waals surface area contributed by atoms with Crippen LogP contribution in [0.15, 0.2) is 42.5 Å². The number of amides is 2. The van der Waals surface area contributed by atoms with Gasteiger partial charge in [0.05, 0.1) is 5.69 Å². The fourth-order valence-electron chi connectivity index (χ4n) is 4.48. The number of hydrogen-bond donors (Lipinski definition) is 1. The van der Waals surface area contributed by atoms with E-state index < -0.39 is 0 Å². The van der Waals surface area contributed by atoms with Crippen LogP contribution in [0.3, 0.4) is 0 Å². The van der Waals surface area contributed by atoms with Gasteiger partial charge in [-0.15, -0.1) is 0 Å². The Labute approximate surface area is 198 Å². The van der Waals surface area contributed by atoms with Gasteiger partial charge in [0.1, 0.15) is 19.8 Å². The zero-order chi connectivity index (χ0) is 23.7. The van der Waals surface area contributed by atoms with Crippen LogP contribution < -0.4 is 14.8 Å². The third-order valence-corrected chi connectivity index (χ3v) is 6.24. The predicted molar refractivity (Wildman–Crippen MR) is 128 cm³/mol. The van der Waals surface area contributed by atoms with Crippen molar-refractivity contribution in [3.63, 3.8) is 0 Å². The molecule has 2 heterocycles. The summed E-state index contributed by atoms with van der Waals surface area (Å²) in [6, 6.07) is 13.4. The molecule has 0 saturated carbocycles. The largest absolute Gasteiger partial charge is 0.486 e. The lowest BCUT2D eigenvalue weighted by Gasteiger charge is -2.21. The molecule has 1 N–H and O–H groups in total. The van der Waals surface area contributed by atoms with Crippen LogP contribution in [0.4, 0.5) is 5.69 Å². The van der Waals surface area contributed by atoms with Gasteiger partial charge in [-0.1, -0.05) is 17.7 Å². The molecule has 1 aliphatic heterocycles. The van der Waals surface area contributed by atoms with Gasteiger partial charge < -0.3 is 19.7 Å². The highest BCUT2D eigenvalue weighted by atomic mass is 16.6. The van der Waals surface area contributed by atoms with Crippen molar-refractivity contribution in [2.24, 2.45) is 0 Å². The van der Waals surface area contributed by atoms with Crippen LogP contribution in [-0.2, 0) is 17.6 Å². The van der Waals surface area contributed by atoms with Gasteiger partial charge in [-0.2, -0.15) is 5.10 Å². The monoisotopic (exact) mass is 460 g/mol. The summed E-state index contributed by atoms with van der Waals surface area (Å²) in [5.74, 6) is 0.766. The van der Waals surface area contributed by atoms with Crippen LogP contribution in [0.5, 0.6) is 11.5 Å². The number of benzene rings is 2. The number of nitrogens with zero attached hydrogens (tertiary/aromatic N) is 3. The van der Waals surface area contributed by atoms with Gasteiger partial charge in [-0.3, -0.25) is 9.59 Å². The van der Waals surface area contributed by atoms with Crippen molar-refractivity contribution in [1.29, 1.82) is 0 Å². The maximum atomic E-state index is 13.4. The SMILES string of the molecule is CCN(CC(=O)Nc1ccc2c(c1)OCCO2)C(=O)c1nn(-c2ccc(C)cc2)c2c1CCC2. The number of nitrogens with one attached hydrogen (secondary N) is 1. The third-order valence-electron chi connectivity index (χ3n) is 6.24. The minimum Gasteiger partial charge on any atom is -0.486 e. The summed E-state index contributed by atoms with van der Waals surface area (Å²) in [5.41, 5.74) is 5.25. The maximum absolute atomic E-state index is 13.4. The number of aromatic nitrogens is 2. The number of ether oxygens (including phenoxy) is 2. The zero-order valence-corrected chi connectivity index (χ0v) is 19.5. The van der Waals surface area contributed by atoms with E-state index in [0.29, 0.717) is 42.6 Å². The number of hydrogen-bond acceptors (Lipinski definition) is 5. The van der Waals surface area contributed by atoms with E-state index in [4.69, 9.17) is 14.6 Å². The van der Waals surface area contributed by atoms with Crippen molar-refractivity contribution in [3.05, 3.63) is 65.0 Å². The van der Waals surface area contributed by atoms with Crippen molar-refractivity contribution in [3.8, 4) is 17.2 Å². The molecule has 2 aliphatic rings. The summed E-state index contributed by atoms with van der Waals surface area (Å²) < 4.78 is 13.0. The molecule has 0 saturated heterocycles. The molecule has 1 aliphatic carbocycles. The molecule has 1 aromatic heterocycles. The average Bonchev–Trinajstić information content (AvgIpc) is 3.46. The summed E-state index contributed by atoms with van der Waals surface area (Å²) in [5, 5.41) is 7.56. The van der Waals surface area contributed by atoms with Crippen LogP contribution in [0, 0.1) is 6.92 Å². The van der Waals surface area contributed by atoms with E-state index in [0.717, 1.165) is 36.2 Å². The first-order valence-electron chi connectivity index (χ1n) is 11.7. The van der Waals surface area contributed by atoms with E-state index in [1.165, 1.54) is 10.5 Å². The van der Waals surface area contributed by atoms with E-state index in [-0.39, 0.29) is 18.4 Å². The molecule has 8 nitrogen and oxygen atoms in total. The molecule has 34 heavy (non-hydrogen) atoms. The van der Waals surface area contributed by atoms with Gasteiger partial charge in [0, 0.05) is 29.6 Å². The predicted octanol–water partition coefficient (Wildman–Crippen LogP) is 3.54. The van der Waals surface area contributed by atoms with Gasteiger partial charge >= 0.3 is 0 Å². The molecular weight excluding hydrogens is 432 g/mol. The van der Waals surface area contributed by atoms with Gasteiger partial charge in [-0.05, 0) is 57.4 Å². The molecule has 176 valence electrons. The molecule has 2 amide bonds. The lowest BCUT2D eigenvalue weighted by atomic mass is 10.1. The summed E-state index contributed by atoms with van der Waals surface area (Å²) >= 11 is 0. The highest BCUT2D eigenvalue weighted by molar-refractivity contribution is 5.99. The Balaban J connectivity index is 1.33. The molecule has 5 rings (SSSR count). The molecule has 2 aromatic carbocycles. The van der Waals surface area contributed by atoms with Crippen LogP contribution in [0.1, 0.15) is 40.7 Å². The Kier molecular flexibility index (Phi) is 5.96. The van der Waals surface area contributed by atoms with Crippen molar-refractivity contribution in [1.82, 2.24) is 14.7 Å². The van der Waals surface area contributed by atoms with E-state index in [9.17, 15) is 9.59 Å². The van der Waals surface area contributed by atoms with E-state index in [1.807, 2.05) is 42.8 Å². The second-order valence-corrected chi connectivity index (χ2v) is 8.60. The zero-order valence-electron chi connectivity index (χ0n) is 19.5. The molecule has 0 fully saturated rings. The van der Waals surface area contributed by atoms with Crippen molar-refractivity contribution in [2.75, 3.05) is 31.6 Å². The maximum Gasteiger partial charge on any atom is 0.275 e. The minimum absolute atomic E-state index is 0.0596. The first-order valence-corrected chi connectivity index (χ1v) is 11.7. The molecule has 0 bridgehead atoms. The Morgan fingerprint density at radius 3 is 2.59 bits per heavy atom. The van der Waals surface area contributed by atoms with Gasteiger partial charge in [-0.25, -0.2) is 4.68 Å². The molecular formula is C26H28N4O4. The summed E-state index contributed by atoms with van der Waals surface area (Å²) in [7, 11) is 0. The Morgan fingerprint density at radius 2 is 1.82 bits per heavy atom. The number of anilines is 1. The Bertz CT molecular complexity index is 1230. The second-order valence-electron chi connectivity index (χ2n) is 8.60. The minimum atomic E-state index is -0.276. The van der Waals surface area contributed by atoms with Gasteiger partial charge in [0.25, 0.3) is 5.91 Å². The quantitative estimate of drug-likeness (QED) is 0.608. The number of aryl methyl sites for hydroxylation is 1. The lowest BCUT2D eigenvalue weighted by molar-refractivity contribution is -0.116. The fraction of sp³-hybridized carbons (Fsp3) is 0.346. The molecule has 0 unspecified atom stereocenters. The van der Waals surface area contributed by atoms with Crippen LogP contribution >= 0.6 is 0 Å². The fourth-order valence-corrected chi connectivity index (χ4v) is 4.48. The Morgan fingerprint density at radius 1 is 1.06 bits per heavy atom. The second kappa shape index (κ2) is 9.21. The lowest BCUT2D eigenvalue weighted by Crippen LogP contribution is -2.38. The first-order chi connectivity index (χ1) is 16.5. The number of fused-ring (bicyclic) bond motifs is 2. The van der Waals surface area contributed by atoms with Gasteiger partial charge in [0.15, 0.2) is 17.2 Å². The number of carbonyl (C=O) groups is 2. The standard InChI is InChI=1S/C26H28N4O4/c1-3-29(16-24(31)27-18-9-12-22-23(15-18)34-14-13-33-22)26(32)25-20-5-4-6-21(20)30(28-25)19-10-7-17(2)8-11-19/h7-12,15H,3-6,13-14,16H2,1-2H3,(H,27,31). The highest BCUT2D eigenvalue weighted by Crippen LogP contribution is 2.33. The van der Waals surface area contributed by atoms with Crippen LogP contribution in [-0.4, -0.2) is 52.8 Å². The van der Waals surface area contributed by atoms with Crippen molar-refractivity contribution >= 4 is 17.5 Å². The van der Waals surface area contributed by atoms with E-state index >= 15 is 0 Å². The summed E-state index contributed by atoms with van der Waals surface area (Å²) in [6.07, 6.45) is 2.71. The normalized spacial score (nSPS) is 13.9. The van der Waals surface area contributed by atoms with Crippen LogP contribution in [0.2, 0.25) is 0 Å². The molecule has 8 heteroatoms. The number of carbonyl (C=O) groups excluding carboxylic acids is 2. The van der Waals surface area contributed by atoms with Crippen LogP contribution in [0.25, 0.3) is 5.69 Å². The molecule has 3 aromatic rings. The van der Waals surface area contributed by atoms with Gasteiger partial charge in [0.2, 0.25) is 5.91 Å². The van der Waals surface area contributed by atoms with Crippen molar-refractivity contribution < 1.29 is 19.1 Å². The van der Waals surface area contributed by atoms with E-state index in [2.05, 4.69) is 5.32 Å². The number of likely N-dealkylation sites (N-methyl/N-ethyl adjacent to an activating group) is 1. The molecule has 0 atom stereocenters. The smallest absolute Gasteiger partial charge is 0.275 e. The summed E-state index contributed by atoms with van der Waals surface area (Å²) in [4.78, 5) is 27.8. The first kappa shape index (κ1) is 22.0. The Hall–Kier alpha value is -3.81. The average molecular weight is 461 g/mol. The van der Waals surface area contributed by atoms with Crippen molar-refractivity contribution in [2.45, 2.75) is 33.1 Å². The highest BCUT2D eigenvalue weighted by Gasteiger charge is 2.30. The number of rotatable bonds is 6. The molecule has 0 radical (unpaired) electrons.